The Kier molecular flexibility index (Phi) is 7.94. The molecule has 1 heterocycles. The summed E-state index contributed by atoms with van der Waals surface area (Å²) in [6.07, 6.45) is 1.20. The summed E-state index contributed by atoms with van der Waals surface area (Å²) in [7, 11) is -3.18. The lowest BCUT2D eigenvalue weighted by molar-refractivity contribution is 0.134. The Labute approximate surface area is 172 Å². The van der Waals surface area contributed by atoms with Crippen LogP contribution in [0.25, 0.3) is 0 Å². The molecule has 1 N–H and O–H groups in total. The van der Waals surface area contributed by atoms with Gasteiger partial charge in [0.2, 0.25) is 0 Å². The van der Waals surface area contributed by atoms with Crippen molar-refractivity contribution in [3.8, 4) is 5.75 Å². The molecule has 0 amide bonds. The molecule has 0 aliphatic carbocycles. The number of nitrogens with zero attached hydrogens (tertiary/aromatic N) is 1. The quantitative estimate of drug-likeness (QED) is 0.762. The minimum absolute atomic E-state index is 0. The molecule has 148 valence electrons. The first kappa shape index (κ1) is 22.0. The molecule has 2 aromatic rings. The van der Waals surface area contributed by atoms with Crippen molar-refractivity contribution in [1.29, 1.82) is 0 Å². The van der Waals surface area contributed by atoms with Crippen LogP contribution in [0, 0.1) is 0 Å². The van der Waals surface area contributed by atoms with E-state index in [0.29, 0.717) is 17.3 Å². The molecule has 27 heavy (non-hydrogen) atoms. The minimum atomic E-state index is -3.18. The molecule has 0 radical (unpaired) electrons. The third kappa shape index (κ3) is 6.09. The summed E-state index contributed by atoms with van der Waals surface area (Å²) >= 11 is 6.13. The van der Waals surface area contributed by atoms with Gasteiger partial charge >= 0.3 is 0 Å². The van der Waals surface area contributed by atoms with Crippen LogP contribution < -0.4 is 10.1 Å². The molecule has 3 rings (SSSR count). The van der Waals surface area contributed by atoms with Crippen LogP contribution in [-0.2, 0) is 9.84 Å². The van der Waals surface area contributed by atoms with Crippen LogP contribution in [0.15, 0.2) is 53.4 Å². The summed E-state index contributed by atoms with van der Waals surface area (Å²) in [4.78, 5) is 2.68. The van der Waals surface area contributed by atoms with E-state index in [1.165, 1.54) is 11.8 Å². The van der Waals surface area contributed by atoms with E-state index in [2.05, 4.69) is 16.3 Å². The Morgan fingerprint density at radius 2 is 1.96 bits per heavy atom. The zero-order chi connectivity index (χ0) is 18.6. The van der Waals surface area contributed by atoms with Gasteiger partial charge in [-0.1, -0.05) is 23.7 Å². The van der Waals surface area contributed by atoms with E-state index in [9.17, 15) is 8.42 Å². The largest absolute Gasteiger partial charge is 0.492 e. The van der Waals surface area contributed by atoms with Gasteiger partial charge in [-0.25, -0.2) is 8.42 Å². The molecule has 1 atom stereocenters. The predicted octanol–water partition coefficient (Wildman–Crippen LogP) is 3.19. The van der Waals surface area contributed by atoms with Gasteiger partial charge in [-0.05, 0) is 42.0 Å². The summed E-state index contributed by atoms with van der Waals surface area (Å²) in [6.45, 7) is 4.08. The maximum atomic E-state index is 11.5. The number of hydrogen-bond donors (Lipinski definition) is 1. The molecule has 1 fully saturated rings. The number of ether oxygens (including phenoxy) is 1. The summed E-state index contributed by atoms with van der Waals surface area (Å²) in [5.41, 5.74) is 1.20. The SMILES string of the molecule is CS(=O)(=O)c1ccc(OCCN2CCNCC2c2cccc(Cl)c2)cc1.Cl. The lowest BCUT2D eigenvalue weighted by Crippen LogP contribution is -2.47. The number of halogens is 2. The second-order valence-electron chi connectivity index (χ2n) is 6.40. The molecule has 0 aromatic heterocycles. The molecule has 1 aliphatic heterocycles. The number of sulfone groups is 1. The Bertz CT molecular complexity index is 844. The van der Waals surface area contributed by atoms with Crippen molar-refractivity contribution in [2.75, 3.05) is 39.0 Å². The van der Waals surface area contributed by atoms with Gasteiger partial charge in [0.15, 0.2) is 9.84 Å². The van der Waals surface area contributed by atoms with E-state index in [1.807, 2.05) is 18.2 Å². The topological polar surface area (TPSA) is 58.6 Å². The standard InChI is InChI=1S/C19H23ClN2O3S.ClH/c1-26(23,24)18-7-5-17(6-8-18)25-12-11-22-10-9-21-14-19(22)15-3-2-4-16(20)13-15;/h2-8,13,19,21H,9-12,14H2,1H3;1H. The maximum absolute atomic E-state index is 11.5. The summed E-state index contributed by atoms with van der Waals surface area (Å²) in [5, 5.41) is 4.17. The monoisotopic (exact) mass is 430 g/mol. The zero-order valence-corrected chi connectivity index (χ0v) is 17.5. The number of nitrogens with one attached hydrogen (secondary N) is 1. The highest BCUT2D eigenvalue weighted by Gasteiger charge is 2.23. The van der Waals surface area contributed by atoms with Crippen molar-refractivity contribution in [3.63, 3.8) is 0 Å². The van der Waals surface area contributed by atoms with Crippen molar-refractivity contribution < 1.29 is 13.2 Å². The summed E-state index contributed by atoms with van der Waals surface area (Å²) in [5.74, 6) is 0.673. The normalized spacial score (nSPS) is 17.9. The molecular formula is C19H24Cl2N2O3S. The third-order valence-corrected chi connectivity index (χ3v) is 5.85. The van der Waals surface area contributed by atoms with E-state index in [-0.39, 0.29) is 18.4 Å². The van der Waals surface area contributed by atoms with Gasteiger partial charge < -0.3 is 10.1 Å². The molecule has 1 unspecified atom stereocenters. The second kappa shape index (κ2) is 9.75. The molecule has 8 heteroatoms. The Hall–Kier alpha value is -1.31. The van der Waals surface area contributed by atoms with E-state index >= 15 is 0 Å². The van der Waals surface area contributed by atoms with Gasteiger partial charge in [-0.15, -0.1) is 12.4 Å². The van der Waals surface area contributed by atoms with Crippen LogP contribution in [0.3, 0.4) is 0 Å². The minimum Gasteiger partial charge on any atom is -0.492 e. The van der Waals surface area contributed by atoms with Crippen molar-refractivity contribution in [2.45, 2.75) is 10.9 Å². The molecule has 2 aromatic carbocycles. The lowest BCUT2D eigenvalue weighted by Gasteiger charge is -2.36. The fourth-order valence-electron chi connectivity index (χ4n) is 3.12. The molecule has 0 spiro atoms. The average Bonchev–Trinajstić information content (AvgIpc) is 2.62. The van der Waals surface area contributed by atoms with E-state index in [4.69, 9.17) is 16.3 Å². The van der Waals surface area contributed by atoms with Crippen LogP contribution in [0.5, 0.6) is 5.75 Å². The van der Waals surface area contributed by atoms with Crippen LogP contribution in [0.4, 0.5) is 0 Å². The van der Waals surface area contributed by atoms with Gasteiger partial charge in [0.25, 0.3) is 0 Å². The molecule has 1 saturated heterocycles. The molecule has 5 nitrogen and oxygen atoms in total. The average molecular weight is 431 g/mol. The Morgan fingerprint density at radius 1 is 1.22 bits per heavy atom. The molecule has 0 bridgehead atoms. The van der Waals surface area contributed by atoms with Crippen molar-refractivity contribution >= 4 is 33.8 Å². The van der Waals surface area contributed by atoms with Crippen LogP contribution >= 0.6 is 24.0 Å². The highest BCUT2D eigenvalue weighted by atomic mass is 35.5. The highest BCUT2D eigenvalue weighted by molar-refractivity contribution is 7.90. The van der Waals surface area contributed by atoms with Crippen LogP contribution in [0.2, 0.25) is 5.02 Å². The van der Waals surface area contributed by atoms with Gasteiger partial charge in [-0.2, -0.15) is 0 Å². The predicted molar refractivity (Wildman–Crippen MR) is 111 cm³/mol. The smallest absolute Gasteiger partial charge is 0.175 e. The van der Waals surface area contributed by atoms with Crippen LogP contribution in [0.1, 0.15) is 11.6 Å². The first-order valence-corrected chi connectivity index (χ1v) is 10.8. The second-order valence-corrected chi connectivity index (χ2v) is 8.86. The first-order valence-electron chi connectivity index (χ1n) is 8.56. The molecular weight excluding hydrogens is 407 g/mol. The fraction of sp³-hybridized carbons (Fsp3) is 0.368. The number of rotatable bonds is 6. The van der Waals surface area contributed by atoms with Crippen molar-refractivity contribution in [2.24, 2.45) is 0 Å². The van der Waals surface area contributed by atoms with Crippen molar-refractivity contribution in [3.05, 3.63) is 59.1 Å². The fourth-order valence-corrected chi connectivity index (χ4v) is 3.95. The van der Waals surface area contributed by atoms with E-state index in [0.717, 1.165) is 31.2 Å². The van der Waals surface area contributed by atoms with Crippen LogP contribution in [-0.4, -0.2) is 52.4 Å². The maximum Gasteiger partial charge on any atom is 0.175 e. The Morgan fingerprint density at radius 3 is 2.63 bits per heavy atom. The van der Waals surface area contributed by atoms with E-state index < -0.39 is 9.84 Å². The zero-order valence-electron chi connectivity index (χ0n) is 15.1. The van der Waals surface area contributed by atoms with Gasteiger partial charge in [-0.3, -0.25) is 4.90 Å². The number of benzene rings is 2. The summed E-state index contributed by atoms with van der Waals surface area (Å²) < 4.78 is 28.8. The third-order valence-electron chi connectivity index (χ3n) is 4.49. The number of hydrogen-bond acceptors (Lipinski definition) is 5. The van der Waals surface area contributed by atoms with Gasteiger partial charge in [0.1, 0.15) is 12.4 Å². The molecule has 1 aliphatic rings. The summed E-state index contributed by atoms with van der Waals surface area (Å²) in [6, 6.07) is 14.8. The Balaban J connectivity index is 0.00000261. The van der Waals surface area contributed by atoms with E-state index in [1.54, 1.807) is 24.3 Å². The van der Waals surface area contributed by atoms with Crippen molar-refractivity contribution in [1.82, 2.24) is 10.2 Å². The first-order chi connectivity index (χ1) is 12.4. The highest BCUT2D eigenvalue weighted by Crippen LogP contribution is 2.24. The molecule has 0 saturated carbocycles. The number of piperazine rings is 1. The lowest BCUT2D eigenvalue weighted by atomic mass is 10.0. The van der Waals surface area contributed by atoms with Gasteiger partial charge in [0.05, 0.1) is 4.90 Å². The van der Waals surface area contributed by atoms with Gasteiger partial charge in [0, 0.05) is 43.5 Å².